The van der Waals surface area contributed by atoms with Crippen molar-refractivity contribution in [2.45, 2.75) is 44.5 Å². The highest BCUT2D eigenvalue weighted by molar-refractivity contribution is 5.05. The number of hydrogen-bond donors (Lipinski definition) is 2. The first kappa shape index (κ1) is 12.3. The Labute approximate surface area is 97.1 Å². The fourth-order valence-corrected chi connectivity index (χ4v) is 3.40. The van der Waals surface area contributed by atoms with Crippen molar-refractivity contribution >= 4 is 0 Å². The second-order valence-corrected chi connectivity index (χ2v) is 5.34. The van der Waals surface area contributed by atoms with Gasteiger partial charge in [-0.2, -0.15) is 0 Å². The van der Waals surface area contributed by atoms with E-state index in [0.717, 1.165) is 19.3 Å². The van der Waals surface area contributed by atoms with Gasteiger partial charge in [0.25, 0.3) is 0 Å². The Hall–Kier alpha value is -0.160. The van der Waals surface area contributed by atoms with E-state index >= 15 is 0 Å². The van der Waals surface area contributed by atoms with Crippen molar-refractivity contribution in [3.8, 4) is 0 Å². The molecule has 2 rings (SSSR count). The van der Waals surface area contributed by atoms with Crippen LogP contribution in [0.25, 0.3) is 0 Å². The molecule has 5 unspecified atom stereocenters. The summed E-state index contributed by atoms with van der Waals surface area (Å²) in [5, 5.41) is 10.5. The van der Waals surface area contributed by atoms with E-state index in [0.29, 0.717) is 19.3 Å². The Kier molecular flexibility index (Phi) is 3.54. The molecular weight excluding hydrogens is 206 g/mol. The lowest BCUT2D eigenvalue weighted by molar-refractivity contribution is -0.0656. The molecule has 0 saturated carbocycles. The van der Waals surface area contributed by atoms with E-state index in [1.807, 2.05) is 6.92 Å². The zero-order valence-electron chi connectivity index (χ0n) is 10.2. The normalized spacial score (nSPS) is 41.2. The van der Waals surface area contributed by atoms with Crippen LogP contribution in [-0.4, -0.2) is 43.7 Å². The van der Waals surface area contributed by atoms with E-state index in [-0.39, 0.29) is 17.4 Å². The SMILES string of the molecule is COCC(C)C(O)C1(CN)CC2CCC1O2. The van der Waals surface area contributed by atoms with Gasteiger partial charge in [-0.1, -0.05) is 6.92 Å². The molecule has 0 aromatic heterocycles. The standard InChI is InChI=1S/C12H23NO3/c1-8(6-15-2)11(14)12(7-13)5-9-3-4-10(12)16-9/h8-11,14H,3-7,13H2,1-2H3. The average molecular weight is 229 g/mol. The minimum absolute atomic E-state index is 0.108. The maximum Gasteiger partial charge on any atom is 0.0681 e. The van der Waals surface area contributed by atoms with E-state index in [9.17, 15) is 5.11 Å². The zero-order valence-corrected chi connectivity index (χ0v) is 10.2. The molecule has 0 aromatic carbocycles. The van der Waals surface area contributed by atoms with Crippen LogP contribution in [0.4, 0.5) is 0 Å². The Morgan fingerprint density at radius 2 is 2.31 bits per heavy atom. The number of hydrogen-bond acceptors (Lipinski definition) is 4. The maximum absolute atomic E-state index is 10.5. The van der Waals surface area contributed by atoms with Crippen molar-refractivity contribution in [1.29, 1.82) is 0 Å². The highest BCUT2D eigenvalue weighted by atomic mass is 16.5. The monoisotopic (exact) mass is 229 g/mol. The quantitative estimate of drug-likeness (QED) is 0.721. The van der Waals surface area contributed by atoms with Gasteiger partial charge >= 0.3 is 0 Å². The summed E-state index contributed by atoms with van der Waals surface area (Å²) >= 11 is 0. The summed E-state index contributed by atoms with van der Waals surface area (Å²) in [6.45, 7) is 3.08. The van der Waals surface area contributed by atoms with Crippen LogP contribution in [0.15, 0.2) is 0 Å². The van der Waals surface area contributed by atoms with Gasteiger partial charge in [0.15, 0.2) is 0 Å². The van der Waals surface area contributed by atoms with Gasteiger partial charge in [-0.05, 0) is 19.3 Å². The van der Waals surface area contributed by atoms with Crippen molar-refractivity contribution in [2.24, 2.45) is 17.1 Å². The molecule has 5 atom stereocenters. The molecule has 2 fully saturated rings. The Bertz CT molecular complexity index is 248. The summed E-state index contributed by atoms with van der Waals surface area (Å²) in [6.07, 6.45) is 3.11. The number of rotatable bonds is 5. The van der Waals surface area contributed by atoms with Gasteiger partial charge in [0.2, 0.25) is 0 Å². The molecule has 94 valence electrons. The van der Waals surface area contributed by atoms with Crippen molar-refractivity contribution in [3.05, 3.63) is 0 Å². The summed E-state index contributed by atoms with van der Waals surface area (Å²) in [5.74, 6) is 0.108. The maximum atomic E-state index is 10.5. The smallest absolute Gasteiger partial charge is 0.0681 e. The van der Waals surface area contributed by atoms with Crippen LogP contribution < -0.4 is 5.73 Å². The van der Waals surface area contributed by atoms with Crippen LogP contribution in [0.3, 0.4) is 0 Å². The number of fused-ring (bicyclic) bond motifs is 2. The van der Waals surface area contributed by atoms with Gasteiger partial charge in [0.1, 0.15) is 0 Å². The topological polar surface area (TPSA) is 64.7 Å². The molecule has 4 heteroatoms. The van der Waals surface area contributed by atoms with Crippen LogP contribution in [0.2, 0.25) is 0 Å². The van der Waals surface area contributed by atoms with Crippen LogP contribution in [0, 0.1) is 11.3 Å². The molecule has 0 amide bonds. The van der Waals surface area contributed by atoms with E-state index < -0.39 is 6.10 Å². The Morgan fingerprint density at radius 3 is 2.75 bits per heavy atom. The van der Waals surface area contributed by atoms with Gasteiger partial charge < -0.3 is 20.3 Å². The predicted molar refractivity (Wildman–Crippen MR) is 61.0 cm³/mol. The van der Waals surface area contributed by atoms with Gasteiger partial charge in [0.05, 0.1) is 24.9 Å². The third-order valence-electron chi connectivity index (χ3n) is 4.29. The second kappa shape index (κ2) is 4.61. The lowest BCUT2D eigenvalue weighted by Crippen LogP contribution is -2.52. The first-order chi connectivity index (χ1) is 7.64. The summed E-state index contributed by atoms with van der Waals surface area (Å²) in [5.41, 5.74) is 5.67. The van der Waals surface area contributed by atoms with Crippen molar-refractivity contribution in [3.63, 3.8) is 0 Å². The molecule has 0 radical (unpaired) electrons. The lowest BCUT2D eigenvalue weighted by Gasteiger charge is -2.41. The first-order valence-electron chi connectivity index (χ1n) is 6.16. The molecule has 16 heavy (non-hydrogen) atoms. The minimum atomic E-state index is -0.423. The van der Waals surface area contributed by atoms with Gasteiger partial charge in [-0.3, -0.25) is 0 Å². The zero-order chi connectivity index (χ0) is 11.8. The molecular formula is C12H23NO3. The Balaban J connectivity index is 2.09. The fraction of sp³-hybridized carbons (Fsp3) is 1.00. The highest BCUT2D eigenvalue weighted by Crippen LogP contribution is 2.50. The van der Waals surface area contributed by atoms with Crippen LogP contribution in [0.1, 0.15) is 26.2 Å². The van der Waals surface area contributed by atoms with Crippen molar-refractivity contribution in [1.82, 2.24) is 0 Å². The van der Waals surface area contributed by atoms with Crippen LogP contribution in [-0.2, 0) is 9.47 Å². The molecule has 2 heterocycles. The highest BCUT2D eigenvalue weighted by Gasteiger charge is 2.56. The first-order valence-corrected chi connectivity index (χ1v) is 6.16. The van der Waals surface area contributed by atoms with E-state index in [1.54, 1.807) is 7.11 Å². The summed E-state index contributed by atoms with van der Waals surface area (Å²) < 4.78 is 11.0. The second-order valence-electron chi connectivity index (χ2n) is 5.34. The molecule has 2 aliphatic heterocycles. The molecule has 0 aromatic rings. The van der Waals surface area contributed by atoms with Crippen LogP contribution >= 0.6 is 0 Å². The molecule has 3 N–H and O–H groups in total. The Morgan fingerprint density at radius 1 is 1.56 bits per heavy atom. The summed E-state index contributed by atoms with van der Waals surface area (Å²) in [4.78, 5) is 0. The molecule has 2 aliphatic rings. The molecule has 2 saturated heterocycles. The minimum Gasteiger partial charge on any atom is -0.392 e. The van der Waals surface area contributed by atoms with Gasteiger partial charge in [0, 0.05) is 25.0 Å². The third kappa shape index (κ3) is 1.78. The molecule has 4 nitrogen and oxygen atoms in total. The average Bonchev–Trinajstić information content (AvgIpc) is 2.88. The number of ether oxygens (including phenoxy) is 2. The molecule has 0 spiro atoms. The van der Waals surface area contributed by atoms with E-state index in [2.05, 4.69) is 0 Å². The van der Waals surface area contributed by atoms with Gasteiger partial charge in [-0.25, -0.2) is 0 Å². The third-order valence-corrected chi connectivity index (χ3v) is 4.29. The number of aliphatic hydroxyl groups excluding tert-OH is 1. The lowest BCUT2D eigenvalue weighted by atomic mass is 9.67. The number of nitrogens with two attached hydrogens (primary N) is 1. The molecule has 0 aliphatic carbocycles. The van der Waals surface area contributed by atoms with E-state index in [4.69, 9.17) is 15.2 Å². The van der Waals surface area contributed by atoms with E-state index in [1.165, 1.54) is 0 Å². The van der Waals surface area contributed by atoms with Gasteiger partial charge in [-0.15, -0.1) is 0 Å². The molecule has 2 bridgehead atoms. The number of methoxy groups -OCH3 is 1. The summed E-state index contributed by atoms with van der Waals surface area (Å²) in [7, 11) is 1.66. The largest absolute Gasteiger partial charge is 0.392 e. The van der Waals surface area contributed by atoms with Crippen molar-refractivity contribution in [2.75, 3.05) is 20.3 Å². The van der Waals surface area contributed by atoms with Crippen LogP contribution in [0.5, 0.6) is 0 Å². The summed E-state index contributed by atoms with van der Waals surface area (Å²) in [6, 6.07) is 0. The predicted octanol–water partition coefficient (Wildman–Crippen LogP) is 0.526. The fourth-order valence-electron chi connectivity index (χ4n) is 3.40. The van der Waals surface area contributed by atoms with Crippen molar-refractivity contribution < 1.29 is 14.6 Å². The number of aliphatic hydroxyl groups is 1.